The van der Waals surface area contributed by atoms with Gasteiger partial charge in [-0.15, -0.1) is 0 Å². The van der Waals surface area contributed by atoms with E-state index in [-0.39, 0.29) is 24.2 Å². The van der Waals surface area contributed by atoms with Crippen molar-refractivity contribution in [3.8, 4) is 0 Å². The molecule has 8 nitrogen and oxygen atoms in total. The Hall–Kier alpha value is -1.45. The molecule has 10 heteroatoms. The van der Waals surface area contributed by atoms with Gasteiger partial charge in [-0.1, -0.05) is 11.6 Å². The van der Waals surface area contributed by atoms with Crippen LogP contribution in [-0.4, -0.2) is 46.9 Å². The third-order valence-corrected chi connectivity index (χ3v) is 4.76. The van der Waals surface area contributed by atoms with Crippen LogP contribution in [0.2, 0.25) is 5.15 Å². The number of halogens is 1. The molecule has 21 heavy (non-hydrogen) atoms. The number of aromatic nitrogens is 2. The van der Waals surface area contributed by atoms with Crippen molar-refractivity contribution in [3.63, 3.8) is 0 Å². The minimum absolute atomic E-state index is 0.0653. The first-order chi connectivity index (χ1) is 9.78. The molecule has 0 spiro atoms. The maximum atomic E-state index is 12.2. The number of hydrogen-bond acceptors (Lipinski definition) is 5. The van der Waals surface area contributed by atoms with Gasteiger partial charge in [0.05, 0.1) is 5.92 Å². The first-order valence-corrected chi connectivity index (χ1v) is 8.11. The Morgan fingerprint density at radius 3 is 2.86 bits per heavy atom. The van der Waals surface area contributed by atoms with Gasteiger partial charge in [0.15, 0.2) is 0 Å². The molecule has 2 rings (SSSR count). The molecule has 1 aliphatic rings. The predicted octanol–water partition coefficient (Wildman–Crippen LogP) is 0.892. The predicted molar refractivity (Wildman–Crippen MR) is 76.3 cm³/mol. The van der Waals surface area contributed by atoms with Crippen LogP contribution in [0.15, 0.2) is 6.07 Å². The molecule has 1 aromatic rings. The highest BCUT2D eigenvalue weighted by Gasteiger charge is 2.32. The lowest BCUT2D eigenvalue weighted by Gasteiger charge is -2.29. The number of rotatable bonds is 4. The molecule has 1 fully saturated rings. The highest BCUT2D eigenvalue weighted by molar-refractivity contribution is 7.90. The van der Waals surface area contributed by atoms with Crippen molar-refractivity contribution in [2.24, 2.45) is 5.92 Å². The SMILES string of the molecule is Cc1cc(Cl)nc(NS(=O)(=O)N2CCCC(C(=O)O)C2)n1. The van der Waals surface area contributed by atoms with Crippen LogP contribution >= 0.6 is 11.6 Å². The average Bonchev–Trinajstić information content (AvgIpc) is 2.37. The number of nitrogens with one attached hydrogen (secondary N) is 1. The summed E-state index contributed by atoms with van der Waals surface area (Å²) in [4.78, 5) is 18.7. The van der Waals surface area contributed by atoms with Crippen LogP contribution in [0.1, 0.15) is 18.5 Å². The van der Waals surface area contributed by atoms with Gasteiger partial charge in [-0.05, 0) is 25.8 Å². The summed E-state index contributed by atoms with van der Waals surface area (Å²) in [6.45, 7) is 1.86. The number of anilines is 1. The zero-order chi connectivity index (χ0) is 15.6. The largest absolute Gasteiger partial charge is 0.481 e. The fourth-order valence-corrected chi connectivity index (χ4v) is 3.55. The summed E-state index contributed by atoms with van der Waals surface area (Å²) in [6.07, 6.45) is 0.960. The standard InChI is InChI=1S/C11H15ClN4O4S/c1-7-5-9(12)14-11(13-7)15-21(19,20)16-4-2-3-8(6-16)10(17)18/h5,8H,2-4,6H2,1H3,(H,17,18)(H,13,14,15). The van der Waals surface area contributed by atoms with E-state index in [1.165, 1.54) is 6.07 Å². The van der Waals surface area contributed by atoms with Gasteiger partial charge in [-0.25, -0.2) is 14.7 Å². The van der Waals surface area contributed by atoms with E-state index in [1.54, 1.807) is 6.92 Å². The molecule has 116 valence electrons. The number of piperidine rings is 1. The van der Waals surface area contributed by atoms with E-state index in [0.29, 0.717) is 18.5 Å². The lowest BCUT2D eigenvalue weighted by Crippen LogP contribution is -2.44. The maximum Gasteiger partial charge on any atom is 0.307 e. The van der Waals surface area contributed by atoms with Crippen molar-refractivity contribution in [2.45, 2.75) is 19.8 Å². The molecule has 1 unspecified atom stereocenters. The van der Waals surface area contributed by atoms with Gasteiger partial charge >= 0.3 is 16.2 Å². The molecule has 0 aliphatic carbocycles. The third kappa shape index (κ3) is 4.02. The van der Waals surface area contributed by atoms with Crippen LogP contribution in [0.3, 0.4) is 0 Å². The Kier molecular flexibility index (Phi) is 4.64. The Balaban J connectivity index is 2.16. The summed E-state index contributed by atoms with van der Waals surface area (Å²) in [5.74, 6) is -1.82. The molecule has 1 aromatic heterocycles. The highest BCUT2D eigenvalue weighted by Crippen LogP contribution is 2.20. The van der Waals surface area contributed by atoms with E-state index in [2.05, 4.69) is 14.7 Å². The molecule has 0 radical (unpaired) electrons. The van der Waals surface area contributed by atoms with Crippen LogP contribution in [0.4, 0.5) is 5.95 Å². The van der Waals surface area contributed by atoms with E-state index >= 15 is 0 Å². The Morgan fingerprint density at radius 2 is 2.24 bits per heavy atom. The number of carboxylic acid groups (broad SMARTS) is 1. The van der Waals surface area contributed by atoms with Crippen molar-refractivity contribution in [1.29, 1.82) is 0 Å². The third-order valence-electron chi connectivity index (χ3n) is 3.12. The topological polar surface area (TPSA) is 112 Å². The molecule has 2 N–H and O–H groups in total. The van der Waals surface area contributed by atoms with E-state index < -0.39 is 22.1 Å². The number of hydrogen-bond donors (Lipinski definition) is 2. The second kappa shape index (κ2) is 6.12. The van der Waals surface area contributed by atoms with Gasteiger partial charge in [-0.2, -0.15) is 12.7 Å². The van der Waals surface area contributed by atoms with E-state index in [4.69, 9.17) is 16.7 Å². The smallest absolute Gasteiger partial charge is 0.307 e. The minimum Gasteiger partial charge on any atom is -0.481 e. The average molecular weight is 335 g/mol. The number of aliphatic carboxylic acids is 1. The Morgan fingerprint density at radius 1 is 1.52 bits per heavy atom. The zero-order valence-corrected chi connectivity index (χ0v) is 12.9. The molecular formula is C11H15ClN4O4S. The van der Waals surface area contributed by atoms with E-state index in [0.717, 1.165) is 4.31 Å². The molecule has 1 aliphatic heterocycles. The van der Waals surface area contributed by atoms with Crippen molar-refractivity contribution in [2.75, 3.05) is 17.8 Å². The fraction of sp³-hybridized carbons (Fsp3) is 0.545. The summed E-state index contributed by atoms with van der Waals surface area (Å²) in [7, 11) is -3.90. The monoisotopic (exact) mass is 334 g/mol. The van der Waals surface area contributed by atoms with Gasteiger partial charge < -0.3 is 5.11 Å². The molecule has 0 saturated carbocycles. The summed E-state index contributed by atoms with van der Waals surface area (Å²) >= 11 is 5.75. The summed E-state index contributed by atoms with van der Waals surface area (Å²) in [6, 6.07) is 1.50. The first-order valence-electron chi connectivity index (χ1n) is 6.30. The van der Waals surface area contributed by atoms with Crippen molar-refractivity contribution >= 4 is 33.7 Å². The van der Waals surface area contributed by atoms with Crippen LogP contribution in [-0.2, 0) is 15.0 Å². The quantitative estimate of drug-likeness (QED) is 0.791. The van der Waals surface area contributed by atoms with Gasteiger partial charge in [0.2, 0.25) is 5.95 Å². The molecule has 2 heterocycles. The number of aryl methyl sites for hydroxylation is 1. The van der Waals surface area contributed by atoms with Crippen molar-refractivity contribution in [1.82, 2.24) is 14.3 Å². The van der Waals surface area contributed by atoms with Crippen molar-refractivity contribution < 1.29 is 18.3 Å². The maximum absolute atomic E-state index is 12.2. The van der Waals surface area contributed by atoms with Crippen molar-refractivity contribution in [3.05, 3.63) is 16.9 Å². The normalized spacial score (nSPS) is 20.2. The molecule has 0 amide bonds. The number of carbonyl (C=O) groups is 1. The lowest BCUT2D eigenvalue weighted by atomic mass is 10.0. The summed E-state index contributed by atoms with van der Waals surface area (Å²) in [5.41, 5.74) is 0.523. The second-order valence-electron chi connectivity index (χ2n) is 4.80. The van der Waals surface area contributed by atoms with Gasteiger partial charge in [0, 0.05) is 18.8 Å². The Labute approximate surface area is 127 Å². The summed E-state index contributed by atoms with van der Waals surface area (Å²) in [5, 5.41) is 9.13. The van der Waals surface area contributed by atoms with Gasteiger partial charge in [-0.3, -0.25) is 4.79 Å². The van der Waals surface area contributed by atoms with Crippen LogP contribution in [0.5, 0.6) is 0 Å². The molecule has 1 atom stereocenters. The van der Waals surface area contributed by atoms with E-state index in [9.17, 15) is 13.2 Å². The molecular weight excluding hydrogens is 320 g/mol. The van der Waals surface area contributed by atoms with Crippen LogP contribution in [0.25, 0.3) is 0 Å². The first kappa shape index (κ1) is 15.9. The molecule has 0 bridgehead atoms. The van der Waals surface area contributed by atoms with Gasteiger partial charge in [0.25, 0.3) is 0 Å². The molecule has 1 saturated heterocycles. The molecule has 0 aromatic carbocycles. The second-order valence-corrected chi connectivity index (χ2v) is 6.86. The lowest BCUT2D eigenvalue weighted by molar-refractivity contribution is -0.142. The number of carboxylic acids is 1. The number of nitrogens with zero attached hydrogens (tertiary/aromatic N) is 3. The summed E-state index contributed by atoms with van der Waals surface area (Å²) < 4.78 is 27.8. The zero-order valence-electron chi connectivity index (χ0n) is 11.3. The fourth-order valence-electron chi connectivity index (χ4n) is 2.12. The minimum atomic E-state index is -3.90. The Bertz CT molecular complexity index is 631. The van der Waals surface area contributed by atoms with E-state index in [1.807, 2.05) is 0 Å². The van der Waals surface area contributed by atoms with Crippen LogP contribution < -0.4 is 4.72 Å². The van der Waals surface area contributed by atoms with Gasteiger partial charge in [0.1, 0.15) is 5.15 Å². The highest BCUT2D eigenvalue weighted by atomic mass is 35.5. The van der Waals surface area contributed by atoms with Crippen LogP contribution in [0, 0.1) is 12.8 Å².